The van der Waals surface area contributed by atoms with Crippen molar-refractivity contribution >= 4 is 11.8 Å². The summed E-state index contributed by atoms with van der Waals surface area (Å²) in [4.78, 5) is 1.17. The molecule has 4 aromatic rings. The molecule has 4 nitrogen and oxygen atoms in total. The van der Waals surface area contributed by atoms with Gasteiger partial charge in [-0.3, -0.25) is 0 Å². The maximum absolute atomic E-state index is 11.4. The van der Waals surface area contributed by atoms with Gasteiger partial charge in [-0.05, 0) is 71.2 Å². The molecule has 0 heterocycles. The number of para-hydroxylation sites is 2. The Morgan fingerprint density at radius 1 is 0.550 bits per heavy atom. The van der Waals surface area contributed by atoms with Gasteiger partial charge in [-0.25, -0.2) is 0 Å². The fraction of sp³-hybridized carbons (Fsp3) is 0.294. The van der Waals surface area contributed by atoms with Crippen LogP contribution in [0.1, 0.15) is 63.8 Å². The van der Waals surface area contributed by atoms with Crippen LogP contribution in [0, 0.1) is 13.8 Å². The van der Waals surface area contributed by atoms with E-state index in [4.69, 9.17) is 0 Å². The number of rotatable bonds is 2. The summed E-state index contributed by atoms with van der Waals surface area (Å²) in [7, 11) is 0. The minimum Gasteiger partial charge on any atom is -0.872 e. The molecule has 40 heavy (non-hydrogen) atoms. The number of aryl methyl sites for hydroxylation is 2. The van der Waals surface area contributed by atoms with Crippen molar-refractivity contribution < 1.29 is 36.9 Å². The molecule has 0 aliphatic rings. The third-order valence-corrected chi connectivity index (χ3v) is 7.16. The molecule has 216 valence electrons. The van der Waals surface area contributed by atoms with Gasteiger partial charge in [0.1, 0.15) is 11.5 Å². The standard InChI is InChI=1S/C12H10O2S.2C11H16O.Ni/c13-9-5-1-3-7-11(9)15-12-8-4-2-6-10(12)14;2*1-8-7-9(11(2,3)4)5-6-10(8)12;/h1-8,13-14H;2*5-7,12H,1-4H3;/q;;;+2/p-2. The molecular weight excluding hydrogens is 563 g/mol. The van der Waals surface area contributed by atoms with Crippen molar-refractivity contribution in [2.45, 2.75) is 76.0 Å². The van der Waals surface area contributed by atoms with Crippen molar-refractivity contribution in [1.29, 1.82) is 0 Å². The molecule has 0 saturated heterocycles. The van der Waals surface area contributed by atoms with Crippen molar-refractivity contribution in [1.82, 2.24) is 0 Å². The van der Waals surface area contributed by atoms with Gasteiger partial charge in [-0.1, -0.05) is 125 Å². The van der Waals surface area contributed by atoms with E-state index in [2.05, 4.69) is 41.5 Å². The second-order valence-electron chi connectivity index (χ2n) is 11.5. The predicted molar refractivity (Wildman–Crippen MR) is 159 cm³/mol. The molecule has 4 rings (SSSR count). The van der Waals surface area contributed by atoms with Crippen LogP contribution in [-0.4, -0.2) is 10.2 Å². The zero-order valence-corrected chi connectivity index (χ0v) is 26.3. The van der Waals surface area contributed by atoms with Crippen molar-refractivity contribution in [2.75, 3.05) is 0 Å². The van der Waals surface area contributed by atoms with Gasteiger partial charge in [0.25, 0.3) is 0 Å². The molecule has 0 aliphatic heterocycles. The first-order valence-corrected chi connectivity index (χ1v) is 13.7. The van der Waals surface area contributed by atoms with E-state index in [9.17, 15) is 20.4 Å². The van der Waals surface area contributed by atoms with E-state index in [0.717, 1.165) is 11.1 Å². The smallest absolute Gasteiger partial charge is 0.872 e. The van der Waals surface area contributed by atoms with Crippen LogP contribution in [0.15, 0.2) is 94.7 Å². The average Bonchev–Trinajstić information content (AvgIpc) is 2.85. The Hall–Kier alpha value is -3.08. The van der Waals surface area contributed by atoms with Crippen LogP contribution < -0.4 is 10.2 Å². The molecule has 4 aromatic carbocycles. The summed E-state index contributed by atoms with van der Waals surface area (Å²) in [5, 5.41) is 41.4. The van der Waals surface area contributed by atoms with Gasteiger partial charge in [0.05, 0.1) is 0 Å². The summed E-state index contributed by atoms with van der Waals surface area (Å²) in [5.74, 6) is 0.655. The number of phenolic OH excluding ortho intramolecular Hbond substituents is 2. The van der Waals surface area contributed by atoms with Crippen LogP contribution in [0.4, 0.5) is 0 Å². The zero-order chi connectivity index (χ0) is 29.4. The number of benzene rings is 4. The van der Waals surface area contributed by atoms with Crippen LogP contribution in [0.3, 0.4) is 0 Å². The van der Waals surface area contributed by atoms with Crippen LogP contribution in [-0.2, 0) is 27.3 Å². The molecular formula is C34H40NiO4S. The van der Waals surface area contributed by atoms with E-state index in [0.29, 0.717) is 21.3 Å². The topological polar surface area (TPSA) is 86.6 Å². The Labute approximate surface area is 254 Å². The SMILES string of the molecule is Cc1cc(C(C)(C)C)ccc1O.Cc1cc(C(C)(C)C)ccc1O.[Ni+2].[O-]c1ccccc1Sc1ccccc1[O-]. The number of phenols is 2. The third-order valence-electron chi connectivity index (χ3n) is 6.04. The van der Waals surface area contributed by atoms with Gasteiger partial charge in [-0.2, -0.15) is 0 Å². The summed E-state index contributed by atoms with van der Waals surface area (Å²) in [6.45, 7) is 16.8. The van der Waals surface area contributed by atoms with Gasteiger partial charge >= 0.3 is 16.5 Å². The second kappa shape index (κ2) is 15.1. The van der Waals surface area contributed by atoms with Crippen molar-refractivity contribution in [3.05, 3.63) is 107 Å². The Kier molecular flexibility index (Phi) is 13.2. The molecule has 0 aromatic heterocycles. The molecule has 6 heteroatoms. The predicted octanol–water partition coefficient (Wildman–Crippen LogP) is 7.98. The number of hydrogen-bond acceptors (Lipinski definition) is 5. The van der Waals surface area contributed by atoms with Crippen LogP contribution >= 0.6 is 11.8 Å². The summed E-state index contributed by atoms with van der Waals surface area (Å²) in [5.41, 5.74) is 4.75. The molecule has 0 saturated carbocycles. The van der Waals surface area contributed by atoms with Gasteiger partial charge in [0, 0.05) is 9.79 Å². The van der Waals surface area contributed by atoms with Crippen molar-refractivity contribution in [3.8, 4) is 23.0 Å². The molecule has 0 bridgehead atoms. The summed E-state index contributed by atoms with van der Waals surface area (Å²) in [6, 6.07) is 24.9. The largest absolute Gasteiger partial charge is 2.00 e. The zero-order valence-electron chi connectivity index (χ0n) is 24.5. The van der Waals surface area contributed by atoms with Crippen molar-refractivity contribution in [2.24, 2.45) is 0 Å². The Bertz CT molecular complexity index is 1270. The van der Waals surface area contributed by atoms with Gasteiger partial charge in [0.2, 0.25) is 0 Å². The normalized spacial score (nSPS) is 10.8. The van der Waals surface area contributed by atoms with Gasteiger partial charge in [0.15, 0.2) is 0 Å². The van der Waals surface area contributed by atoms with Crippen LogP contribution in [0.2, 0.25) is 0 Å². The Morgan fingerprint density at radius 3 is 1.15 bits per heavy atom. The number of aromatic hydroxyl groups is 2. The molecule has 0 fully saturated rings. The van der Waals surface area contributed by atoms with Crippen molar-refractivity contribution in [3.63, 3.8) is 0 Å². The van der Waals surface area contributed by atoms with Crippen LogP contribution in [0.25, 0.3) is 0 Å². The number of hydrogen-bond donors (Lipinski definition) is 2. The monoisotopic (exact) mass is 602 g/mol. The van der Waals surface area contributed by atoms with E-state index < -0.39 is 0 Å². The minimum atomic E-state index is -0.0502. The Morgan fingerprint density at radius 2 is 0.875 bits per heavy atom. The molecule has 0 unspecified atom stereocenters. The van der Waals surface area contributed by atoms with E-state index in [1.807, 2.05) is 38.1 Å². The van der Waals surface area contributed by atoms with Gasteiger partial charge < -0.3 is 20.4 Å². The van der Waals surface area contributed by atoms with Gasteiger partial charge in [-0.15, -0.1) is 0 Å². The summed E-state index contributed by atoms with van der Waals surface area (Å²) in [6.07, 6.45) is 0. The molecule has 0 spiro atoms. The second-order valence-corrected chi connectivity index (χ2v) is 12.6. The van der Waals surface area contributed by atoms with E-state index in [-0.39, 0.29) is 38.8 Å². The molecule has 0 radical (unpaired) electrons. The fourth-order valence-corrected chi connectivity index (χ4v) is 4.30. The molecule has 0 aliphatic carbocycles. The molecule has 2 N–H and O–H groups in total. The van der Waals surface area contributed by atoms with E-state index in [1.165, 1.54) is 35.0 Å². The molecule has 0 atom stereocenters. The quantitative estimate of drug-likeness (QED) is 0.227. The minimum absolute atomic E-state index is 0. The first-order valence-electron chi connectivity index (χ1n) is 12.9. The first-order chi connectivity index (χ1) is 18.1. The van der Waals surface area contributed by atoms with Crippen LogP contribution in [0.5, 0.6) is 23.0 Å². The van der Waals surface area contributed by atoms with E-state index >= 15 is 0 Å². The molecule has 0 amide bonds. The third kappa shape index (κ3) is 10.8. The fourth-order valence-electron chi connectivity index (χ4n) is 3.43. The average molecular weight is 603 g/mol. The first kappa shape index (κ1) is 35.0. The van der Waals surface area contributed by atoms with E-state index in [1.54, 1.807) is 48.5 Å². The summed E-state index contributed by atoms with van der Waals surface area (Å²) >= 11 is 1.22. The maximum atomic E-state index is 11.4. The maximum Gasteiger partial charge on any atom is 2.00 e. The summed E-state index contributed by atoms with van der Waals surface area (Å²) < 4.78 is 0. The Balaban J connectivity index is 0.000000299.